The smallest absolute Gasteiger partial charge is 0.222 e. The number of hydrogen-bond acceptors (Lipinski definition) is 6. The van der Waals surface area contributed by atoms with Crippen LogP contribution in [0.1, 0.15) is 18.1 Å². The van der Waals surface area contributed by atoms with Crippen LogP contribution in [-0.2, 0) is 4.79 Å². The van der Waals surface area contributed by atoms with Crippen molar-refractivity contribution in [3.63, 3.8) is 0 Å². The molecule has 2 N–H and O–H groups in total. The molecule has 4 aromatic rings. The first-order valence-electron chi connectivity index (χ1n) is 8.76. The minimum absolute atomic E-state index is 0.209. The van der Waals surface area contributed by atoms with E-state index in [0.29, 0.717) is 34.0 Å². The lowest BCUT2D eigenvalue weighted by Gasteiger charge is -2.08. The first-order chi connectivity index (χ1) is 14.1. The molecule has 3 heterocycles. The summed E-state index contributed by atoms with van der Waals surface area (Å²) in [4.78, 5) is 19.9. The minimum Gasteiger partial charge on any atom is -0.311 e. The van der Waals surface area contributed by atoms with E-state index in [2.05, 4.69) is 31.6 Å². The van der Waals surface area contributed by atoms with Crippen LogP contribution in [0.2, 0.25) is 0 Å². The monoisotopic (exact) mass is 384 g/mol. The van der Waals surface area contributed by atoms with Gasteiger partial charge in [-0.05, 0) is 18.6 Å². The molecule has 4 rings (SSSR count). The molecule has 1 amide bonds. The molecule has 0 unspecified atom stereocenters. The van der Waals surface area contributed by atoms with Gasteiger partial charge in [-0.1, -0.05) is 18.2 Å². The van der Waals surface area contributed by atoms with Crippen molar-refractivity contribution in [1.29, 1.82) is 5.26 Å². The van der Waals surface area contributed by atoms with Crippen molar-refractivity contribution in [3.8, 4) is 34.4 Å². The van der Waals surface area contributed by atoms with Crippen molar-refractivity contribution in [2.45, 2.75) is 13.8 Å². The Bertz CT molecular complexity index is 1230. The summed E-state index contributed by atoms with van der Waals surface area (Å²) in [6.45, 7) is 3.33. The SMILES string of the molecule is CC(=O)Nc1cc(-n2cc(-c3ncn[nH]3)c(-c3ccccc3C#N)n2)c(C)cn1. The van der Waals surface area contributed by atoms with Crippen molar-refractivity contribution in [2.24, 2.45) is 0 Å². The fraction of sp³-hybridized carbons (Fsp3) is 0.100. The number of carbonyl (C=O) groups excluding carboxylic acids is 1. The number of H-pyrrole nitrogens is 1. The lowest BCUT2D eigenvalue weighted by molar-refractivity contribution is -0.114. The lowest BCUT2D eigenvalue weighted by Crippen LogP contribution is -2.09. The molecule has 0 aliphatic carbocycles. The van der Waals surface area contributed by atoms with Gasteiger partial charge in [0.2, 0.25) is 5.91 Å². The van der Waals surface area contributed by atoms with Crippen LogP contribution in [0.15, 0.2) is 49.1 Å². The third-order valence-corrected chi connectivity index (χ3v) is 4.31. The summed E-state index contributed by atoms with van der Waals surface area (Å²) in [6.07, 6.45) is 4.89. The number of aromatic nitrogens is 6. The minimum atomic E-state index is -0.209. The third kappa shape index (κ3) is 3.46. The number of pyridine rings is 1. The second-order valence-corrected chi connectivity index (χ2v) is 6.36. The molecule has 0 radical (unpaired) electrons. The van der Waals surface area contributed by atoms with Crippen molar-refractivity contribution in [3.05, 3.63) is 60.2 Å². The Morgan fingerprint density at radius 1 is 1.24 bits per heavy atom. The van der Waals surface area contributed by atoms with Crippen LogP contribution in [0, 0.1) is 18.3 Å². The van der Waals surface area contributed by atoms with Gasteiger partial charge < -0.3 is 5.32 Å². The lowest BCUT2D eigenvalue weighted by atomic mass is 10.0. The summed E-state index contributed by atoms with van der Waals surface area (Å²) < 4.78 is 1.68. The number of nitrogens with zero attached hydrogens (tertiary/aromatic N) is 6. The number of aromatic amines is 1. The number of rotatable bonds is 4. The van der Waals surface area contributed by atoms with E-state index in [0.717, 1.165) is 11.3 Å². The molecular formula is C20H16N8O. The van der Waals surface area contributed by atoms with E-state index >= 15 is 0 Å². The number of nitrogens with one attached hydrogen (secondary N) is 2. The normalized spacial score (nSPS) is 10.5. The van der Waals surface area contributed by atoms with Crippen LogP contribution >= 0.6 is 0 Å². The molecule has 9 nitrogen and oxygen atoms in total. The van der Waals surface area contributed by atoms with E-state index < -0.39 is 0 Å². The zero-order valence-corrected chi connectivity index (χ0v) is 15.7. The van der Waals surface area contributed by atoms with Gasteiger partial charge in [0, 0.05) is 30.9 Å². The van der Waals surface area contributed by atoms with Crippen LogP contribution in [0.25, 0.3) is 28.3 Å². The molecule has 0 atom stereocenters. The van der Waals surface area contributed by atoms with E-state index in [9.17, 15) is 10.1 Å². The predicted octanol–water partition coefficient (Wildman–Crippen LogP) is 2.86. The fourth-order valence-corrected chi connectivity index (χ4v) is 3.00. The molecule has 0 saturated carbocycles. The number of benzene rings is 1. The summed E-state index contributed by atoms with van der Waals surface area (Å²) in [6, 6.07) is 11.2. The highest BCUT2D eigenvalue weighted by Gasteiger charge is 2.19. The van der Waals surface area contributed by atoms with Gasteiger partial charge in [0.05, 0.1) is 22.9 Å². The van der Waals surface area contributed by atoms with Crippen LogP contribution in [0.3, 0.4) is 0 Å². The molecule has 0 aliphatic heterocycles. The number of anilines is 1. The molecule has 3 aromatic heterocycles. The molecular weight excluding hydrogens is 368 g/mol. The quantitative estimate of drug-likeness (QED) is 0.557. The van der Waals surface area contributed by atoms with Gasteiger partial charge in [0.25, 0.3) is 0 Å². The zero-order chi connectivity index (χ0) is 20.4. The number of carbonyl (C=O) groups is 1. The summed E-state index contributed by atoms with van der Waals surface area (Å²) in [5.74, 6) is 0.750. The van der Waals surface area contributed by atoms with Crippen LogP contribution in [-0.4, -0.2) is 35.9 Å². The molecule has 0 bridgehead atoms. The molecule has 9 heteroatoms. The average Bonchev–Trinajstić information content (AvgIpc) is 3.38. The molecule has 142 valence electrons. The molecule has 0 saturated heterocycles. The van der Waals surface area contributed by atoms with Crippen LogP contribution in [0.4, 0.5) is 5.82 Å². The number of hydrogen-bond donors (Lipinski definition) is 2. The fourth-order valence-electron chi connectivity index (χ4n) is 3.00. The largest absolute Gasteiger partial charge is 0.311 e. The Balaban J connectivity index is 1.92. The van der Waals surface area contributed by atoms with E-state index in [1.54, 1.807) is 29.1 Å². The first-order valence-corrected chi connectivity index (χ1v) is 8.76. The maximum atomic E-state index is 11.4. The van der Waals surface area contributed by atoms with Gasteiger partial charge in [-0.15, -0.1) is 0 Å². The van der Waals surface area contributed by atoms with Crippen molar-refractivity contribution in [2.75, 3.05) is 5.32 Å². The van der Waals surface area contributed by atoms with Crippen LogP contribution in [0.5, 0.6) is 0 Å². The standard InChI is InChI=1S/C20H16N8O/c1-12-9-22-18(25-13(2)29)7-17(12)28-10-16(20-23-11-24-26-20)19(27-28)15-6-4-3-5-14(15)8-21/h3-7,9-11H,1-2H3,(H,22,25,29)(H,23,24,26). The van der Waals surface area contributed by atoms with Crippen molar-refractivity contribution < 1.29 is 4.79 Å². The Hall–Kier alpha value is -4.32. The van der Waals surface area contributed by atoms with Gasteiger partial charge in [-0.25, -0.2) is 14.6 Å². The van der Waals surface area contributed by atoms with E-state index in [1.165, 1.54) is 13.3 Å². The van der Waals surface area contributed by atoms with E-state index in [-0.39, 0.29) is 5.91 Å². The van der Waals surface area contributed by atoms with E-state index in [4.69, 9.17) is 5.10 Å². The Kier molecular flexibility index (Phi) is 4.58. The molecule has 1 aromatic carbocycles. The van der Waals surface area contributed by atoms with E-state index in [1.807, 2.05) is 25.3 Å². The predicted molar refractivity (Wildman–Crippen MR) is 106 cm³/mol. The van der Waals surface area contributed by atoms with Gasteiger partial charge in [-0.3, -0.25) is 9.89 Å². The Morgan fingerprint density at radius 2 is 2.07 bits per heavy atom. The number of nitriles is 1. The Morgan fingerprint density at radius 3 is 2.79 bits per heavy atom. The highest BCUT2D eigenvalue weighted by molar-refractivity contribution is 5.88. The number of aryl methyl sites for hydroxylation is 1. The van der Waals surface area contributed by atoms with Crippen molar-refractivity contribution in [1.82, 2.24) is 29.9 Å². The topological polar surface area (TPSA) is 125 Å². The maximum Gasteiger partial charge on any atom is 0.222 e. The molecule has 0 fully saturated rings. The highest BCUT2D eigenvalue weighted by atomic mass is 16.1. The van der Waals surface area contributed by atoms with Crippen molar-refractivity contribution >= 4 is 11.7 Å². The average molecular weight is 384 g/mol. The molecule has 29 heavy (non-hydrogen) atoms. The first kappa shape index (κ1) is 18.1. The summed E-state index contributed by atoms with van der Waals surface area (Å²) in [5.41, 5.74) is 4.09. The maximum absolute atomic E-state index is 11.4. The van der Waals surface area contributed by atoms with Gasteiger partial charge in [-0.2, -0.15) is 15.5 Å². The number of amides is 1. The third-order valence-electron chi connectivity index (χ3n) is 4.31. The second kappa shape index (κ2) is 7.36. The van der Waals surface area contributed by atoms with Gasteiger partial charge in [0.1, 0.15) is 17.8 Å². The molecule has 0 spiro atoms. The summed E-state index contributed by atoms with van der Waals surface area (Å²) >= 11 is 0. The summed E-state index contributed by atoms with van der Waals surface area (Å²) in [5, 5.41) is 23.7. The van der Waals surface area contributed by atoms with Gasteiger partial charge in [0.15, 0.2) is 5.82 Å². The van der Waals surface area contributed by atoms with Crippen LogP contribution < -0.4 is 5.32 Å². The highest BCUT2D eigenvalue weighted by Crippen LogP contribution is 2.32. The summed E-state index contributed by atoms with van der Waals surface area (Å²) in [7, 11) is 0. The Labute approximate surface area is 166 Å². The zero-order valence-electron chi connectivity index (χ0n) is 15.7. The van der Waals surface area contributed by atoms with Gasteiger partial charge >= 0.3 is 0 Å². The molecule has 0 aliphatic rings. The second-order valence-electron chi connectivity index (χ2n) is 6.36.